The zero-order chi connectivity index (χ0) is 26.0. The highest BCUT2D eigenvalue weighted by Gasteiger charge is 2.53. The summed E-state index contributed by atoms with van der Waals surface area (Å²) in [5.41, 5.74) is -0.550. The zero-order valence-corrected chi connectivity index (χ0v) is 19.9. The first-order valence-corrected chi connectivity index (χ1v) is 11.2. The largest absolute Gasteiger partial charge is 0.461 e. The lowest BCUT2D eigenvalue weighted by Crippen LogP contribution is -2.66. The van der Waals surface area contributed by atoms with E-state index in [1.54, 1.807) is 37.3 Å². The second-order valence-electron chi connectivity index (χ2n) is 9.36. The maximum atomic E-state index is 12.6. The van der Waals surface area contributed by atoms with Crippen molar-refractivity contribution in [2.45, 2.75) is 56.5 Å². The molecular weight excluding hydrogens is 458 g/mol. The summed E-state index contributed by atoms with van der Waals surface area (Å²) in [6.45, 7) is 3.19. The van der Waals surface area contributed by atoms with Crippen LogP contribution in [0.1, 0.15) is 29.8 Å². The van der Waals surface area contributed by atoms with Crippen LogP contribution >= 0.6 is 0 Å². The van der Waals surface area contributed by atoms with Gasteiger partial charge >= 0.3 is 0 Å². The number of aliphatic hydroxyl groups excluding tert-OH is 5. The van der Waals surface area contributed by atoms with E-state index in [1.165, 1.54) is 13.8 Å². The molecule has 3 rings (SSSR count). The van der Waals surface area contributed by atoms with E-state index in [0.29, 0.717) is 16.9 Å². The maximum Gasteiger partial charge on any atom is 0.251 e. The fourth-order valence-electron chi connectivity index (χ4n) is 3.76. The summed E-state index contributed by atoms with van der Waals surface area (Å²) < 4.78 is 11.3. The maximum absolute atomic E-state index is 12.6. The Bertz CT molecular complexity index is 1040. The molecule has 0 bridgehead atoms. The van der Waals surface area contributed by atoms with Gasteiger partial charge in [0.2, 0.25) is 6.29 Å². The molecule has 1 fully saturated rings. The molecular formula is C25H33NO9. The minimum atomic E-state index is -1.93. The summed E-state index contributed by atoms with van der Waals surface area (Å²) >= 11 is 0. The molecule has 0 aliphatic carbocycles. The summed E-state index contributed by atoms with van der Waals surface area (Å²) in [5.74, 6) is -0.0835. The molecule has 35 heavy (non-hydrogen) atoms. The van der Waals surface area contributed by atoms with Gasteiger partial charge in [0.25, 0.3) is 5.91 Å². The van der Waals surface area contributed by atoms with Crippen LogP contribution in [0.2, 0.25) is 0 Å². The van der Waals surface area contributed by atoms with Crippen molar-refractivity contribution in [3.63, 3.8) is 0 Å². The van der Waals surface area contributed by atoms with Gasteiger partial charge in [0.15, 0.2) is 5.60 Å². The van der Waals surface area contributed by atoms with Gasteiger partial charge in [-0.15, -0.1) is 0 Å². The number of amides is 1. The van der Waals surface area contributed by atoms with Crippen molar-refractivity contribution < 1.29 is 44.9 Å². The van der Waals surface area contributed by atoms with Crippen LogP contribution in [0.4, 0.5) is 0 Å². The average molecular weight is 492 g/mol. The molecule has 1 saturated heterocycles. The number of hydrogen-bond acceptors (Lipinski definition) is 9. The Hall–Kier alpha value is -2.57. The molecule has 0 spiro atoms. The van der Waals surface area contributed by atoms with Gasteiger partial charge in [0.05, 0.1) is 25.4 Å². The molecule has 0 radical (unpaired) electrons. The molecule has 192 valence electrons. The number of carbonyl (C=O) groups is 1. The fraction of sp³-hybridized carbons (Fsp3) is 0.480. The quantitative estimate of drug-likeness (QED) is 0.262. The molecule has 10 nitrogen and oxygen atoms in total. The normalized spacial score (nSPS) is 26.9. The molecule has 1 aliphatic heterocycles. The SMILES string of the molecule is Cc1cc(-c2cccc(C(=O)NC(C)(CO)CO)c2)ccc1O[C@H]1O[C@H](CO)[C@@H](O)[C@H](O)[C@]1(C)O. The second kappa shape index (κ2) is 10.6. The summed E-state index contributed by atoms with van der Waals surface area (Å²) in [4.78, 5) is 12.6. The second-order valence-corrected chi connectivity index (χ2v) is 9.36. The van der Waals surface area contributed by atoms with E-state index in [4.69, 9.17) is 9.47 Å². The van der Waals surface area contributed by atoms with Crippen molar-refractivity contribution in [3.05, 3.63) is 53.6 Å². The molecule has 0 saturated carbocycles. The minimum absolute atomic E-state index is 0.350. The van der Waals surface area contributed by atoms with E-state index in [9.17, 15) is 35.4 Å². The number of ether oxygens (including phenoxy) is 2. The third kappa shape index (κ3) is 5.65. The van der Waals surface area contributed by atoms with Gasteiger partial charge in [-0.2, -0.15) is 0 Å². The fourth-order valence-corrected chi connectivity index (χ4v) is 3.76. The van der Waals surface area contributed by atoms with Crippen molar-refractivity contribution >= 4 is 5.91 Å². The van der Waals surface area contributed by atoms with Crippen molar-refractivity contribution in [3.8, 4) is 16.9 Å². The number of aryl methyl sites for hydroxylation is 1. The molecule has 10 heteroatoms. The van der Waals surface area contributed by atoms with Gasteiger partial charge in [-0.1, -0.05) is 18.2 Å². The number of carbonyl (C=O) groups excluding carboxylic acids is 1. The van der Waals surface area contributed by atoms with Gasteiger partial charge in [0, 0.05) is 5.56 Å². The number of rotatable bonds is 8. The third-order valence-electron chi connectivity index (χ3n) is 6.24. The van der Waals surface area contributed by atoms with Crippen LogP contribution in [0, 0.1) is 6.92 Å². The standard InChI is InChI=1S/C25H33NO9/c1-14-9-16(15-5-4-6-17(10-15)22(32)26-24(2,12-28)13-29)7-8-18(14)34-23-25(3,33)21(31)20(30)19(11-27)35-23/h4-10,19-21,23,27-31,33H,11-13H2,1-3H3,(H,26,32)/t19-,20-,21+,23+,25+/m1/s1. The number of benzene rings is 2. The molecule has 2 aromatic rings. The van der Waals surface area contributed by atoms with E-state index in [1.807, 2.05) is 12.1 Å². The first-order valence-electron chi connectivity index (χ1n) is 11.2. The lowest BCUT2D eigenvalue weighted by Gasteiger charge is -2.45. The number of nitrogens with one attached hydrogen (secondary N) is 1. The van der Waals surface area contributed by atoms with Gasteiger partial charge in [-0.25, -0.2) is 0 Å². The number of aliphatic hydroxyl groups is 6. The van der Waals surface area contributed by atoms with Gasteiger partial charge in [-0.3, -0.25) is 4.79 Å². The van der Waals surface area contributed by atoms with Crippen molar-refractivity contribution in [1.29, 1.82) is 0 Å². The molecule has 1 heterocycles. The van der Waals surface area contributed by atoms with Crippen LogP contribution in [0.3, 0.4) is 0 Å². The summed E-state index contributed by atoms with van der Waals surface area (Å²) in [7, 11) is 0. The lowest BCUT2D eigenvalue weighted by molar-refractivity contribution is -0.314. The average Bonchev–Trinajstić information content (AvgIpc) is 2.85. The van der Waals surface area contributed by atoms with Gasteiger partial charge in [0.1, 0.15) is 24.1 Å². The predicted molar refractivity (Wildman–Crippen MR) is 126 cm³/mol. The summed E-state index contributed by atoms with van der Waals surface area (Å²) in [6.07, 6.45) is -5.54. The minimum Gasteiger partial charge on any atom is -0.461 e. The first kappa shape index (κ1) is 27.0. The molecule has 0 aromatic heterocycles. The Morgan fingerprint density at radius 2 is 1.77 bits per heavy atom. The molecule has 7 N–H and O–H groups in total. The van der Waals surface area contributed by atoms with Gasteiger partial charge < -0.3 is 45.4 Å². The summed E-state index contributed by atoms with van der Waals surface area (Å²) in [6, 6.07) is 12.0. The highest BCUT2D eigenvalue weighted by Crippen LogP contribution is 2.34. The Balaban J connectivity index is 1.81. The third-order valence-corrected chi connectivity index (χ3v) is 6.24. The number of hydrogen-bond donors (Lipinski definition) is 7. The van der Waals surface area contributed by atoms with E-state index in [2.05, 4.69) is 5.32 Å². The highest BCUT2D eigenvalue weighted by atomic mass is 16.7. The van der Waals surface area contributed by atoms with E-state index in [-0.39, 0.29) is 0 Å². The smallest absolute Gasteiger partial charge is 0.251 e. The van der Waals surface area contributed by atoms with Crippen LogP contribution < -0.4 is 10.1 Å². The predicted octanol–water partition coefficient (Wildman–Crippen LogP) is -0.296. The first-order chi connectivity index (χ1) is 16.5. The Morgan fingerprint density at radius 1 is 1.11 bits per heavy atom. The molecule has 5 atom stereocenters. The van der Waals surface area contributed by atoms with Crippen LogP contribution in [-0.4, -0.2) is 92.1 Å². The topological polar surface area (TPSA) is 169 Å². The zero-order valence-electron chi connectivity index (χ0n) is 19.9. The lowest BCUT2D eigenvalue weighted by atomic mass is 9.88. The van der Waals surface area contributed by atoms with E-state index >= 15 is 0 Å². The van der Waals surface area contributed by atoms with Crippen LogP contribution in [0.5, 0.6) is 5.75 Å². The van der Waals surface area contributed by atoms with E-state index < -0.39 is 61.5 Å². The van der Waals surface area contributed by atoms with Crippen molar-refractivity contribution in [2.24, 2.45) is 0 Å². The van der Waals surface area contributed by atoms with Crippen LogP contribution in [0.25, 0.3) is 11.1 Å². The summed E-state index contributed by atoms with van der Waals surface area (Å²) in [5, 5.41) is 61.8. The van der Waals surface area contributed by atoms with Crippen molar-refractivity contribution in [2.75, 3.05) is 19.8 Å². The van der Waals surface area contributed by atoms with Crippen LogP contribution in [-0.2, 0) is 4.74 Å². The molecule has 1 amide bonds. The molecule has 1 aliphatic rings. The highest BCUT2D eigenvalue weighted by molar-refractivity contribution is 5.96. The van der Waals surface area contributed by atoms with Gasteiger partial charge in [-0.05, 0) is 61.7 Å². The van der Waals surface area contributed by atoms with E-state index in [0.717, 1.165) is 11.1 Å². The Morgan fingerprint density at radius 3 is 2.37 bits per heavy atom. The Labute approximate surface area is 203 Å². The Kier molecular flexibility index (Phi) is 8.17. The molecule has 0 unspecified atom stereocenters. The molecule has 2 aromatic carbocycles. The monoisotopic (exact) mass is 491 g/mol. The van der Waals surface area contributed by atoms with Crippen molar-refractivity contribution in [1.82, 2.24) is 5.32 Å². The van der Waals surface area contributed by atoms with Crippen LogP contribution in [0.15, 0.2) is 42.5 Å².